The largest absolute Gasteiger partial charge is 0.416 e. The number of carbonyl (C=O) groups is 2. The maximum absolute atomic E-state index is 14.0. The number of methoxy groups -OCH3 is 1. The fourth-order valence-electron chi connectivity index (χ4n) is 4.47. The van der Waals surface area contributed by atoms with Crippen molar-refractivity contribution in [2.45, 2.75) is 38.5 Å². The summed E-state index contributed by atoms with van der Waals surface area (Å²) in [7, 11) is 2.52. The Balaban J connectivity index is 2.25. The van der Waals surface area contributed by atoms with E-state index in [-0.39, 0.29) is 35.3 Å². The van der Waals surface area contributed by atoms with E-state index in [2.05, 4.69) is 10.3 Å². The number of aryl methyl sites for hydroxylation is 1. The van der Waals surface area contributed by atoms with Gasteiger partial charge < -0.3 is 20.4 Å². The number of aromatic nitrogens is 1. The lowest BCUT2D eigenvalue weighted by Crippen LogP contribution is -2.42. The molecule has 0 atom stereocenters. The maximum atomic E-state index is 14.0. The van der Waals surface area contributed by atoms with Crippen LogP contribution in [0.5, 0.6) is 0 Å². The van der Waals surface area contributed by atoms with Crippen molar-refractivity contribution in [3.05, 3.63) is 76.2 Å². The number of hydrogen-bond donors (Lipinski definition) is 2. The van der Waals surface area contributed by atoms with Gasteiger partial charge in [0, 0.05) is 31.5 Å². The number of likely N-dealkylation sites (N-methyl/N-ethyl adjacent to an activating group) is 1. The Kier molecular flexibility index (Phi) is 9.34. The number of nitrogens with one attached hydrogen (secondary N) is 2. The van der Waals surface area contributed by atoms with Gasteiger partial charge in [0.2, 0.25) is 5.91 Å². The average Bonchev–Trinajstić information content (AvgIpc) is 2.91. The van der Waals surface area contributed by atoms with Crippen LogP contribution in [-0.4, -0.2) is 43.8 Å². The van der Waals surface area contributed by atoms with E-state index >= 15 is 0 Å². The smallest absolute Gasteiger partial charge is 0.375 e. The number of benzene rings is 2. The Hall–Kier alpha value is -4.33. The number of halogens is 7. The van der Waals surface area contributed by atoms with Crippen molar-refractivity contribution in [3.63, 3.8) is 0 Å². The molecule has 0 fully saturated rings. The molecule has 2 N–H and O–H groups in total. The molecule has 3 aromatic rings. The summed E-state index contributed by atoms with van der Waals surface area (Å²) in [6, 6.07) is 4.62. The quantitative estimate of drug-likeness (QED) is 0.217. The summed E-state index contributed by atoms with van der Waals surface area (Å²) in [5.41, 5.74) is -4.86. The molecule has 0 bridgehead atoms. The van der Waals surface area contributed by atoms with Crippen LogP contribution in [0.2, 0.25) is 0 Å². The Morgan fingerprint density at radius 3 is 2.05 bits per heavy atom. The molecule has 0 saturated carbocycles. The second-order valence-electron chi connectivity index (χ2n) is 10.1. The third-order valence-electron chi connectivity index (χ3n) is 6.74. The van der Waals surface area contributed by atoms with E-state index in [4.69, 9.17) is 10.1 Å². The van der Waals surface area contributed by atoms with Crippen LogP contribution in [0.1, 0.15) is 41.7 Å². The van der Waals surface area contributed by atoms with Crippen molar-refractivity contribution in [3.8, 4) is 11.1 Å². The maximum Gasteiger partial charge on any atom is 0.416 e. The lowest BCUT2D eigenvalue weighted by Gasteiger charge is -2.32. The number of carbonyl (C=O) groups excluding carboxylic acids is 2. The van der Waals surface area contributed by atoms with Crippen LogP contribution < -0.4 is 10.2 Å². The van der Waals surface area contributed by atoms with Gasteiger partial charge in [0.05, 0.1) is 28.4 Å². The number of amides is 2. The zero-order valence-electron chi connectivity index (χ0n) is 23.6. The molecule has 0 spiro atoms. The van der Waals surface area contributed by atoms with Crippen molar-refractivity contribution in [1.82, 2.24) is 4.98 Å². The Morgan fingerprint density at radius 2 is 1.56 bits per heavy atom. The van der Waals surface area contributed by atoms with Gasteiger partial charge in [-0.15, -0.1) is 0 Å². The minimum Gasteiger partial charge on any atom is -0.375 e. The topological polar surface area (TPSA) is 95.4 Å². The number of nitrogens with zero attached hydrogens (tertiary/aromatic N) is 2. The first-order valence-corrected chi connectivity index (χ1v) is 12.5. The van der Waals surface area contributed by atoms with E-state index in [1.54, 1.807) is 6.92 Å². The van der Waals surface area contributed by atoms with E-state index < -0.39 is 52.1 Å². The van der Waals surface area contributed by atoms with Gasteiger partial charge in [0.25, 0.3) is 5.91 Å². The third kappa shape index (κ3) is 7.01. The molecule has 7 nitrogen and oxygen atoms in total. The fourth-order valence-corrected chi connectivity index (χ4v) is 4.47. The van der Waals surface area contributed by atoms with Gasteiger partial charge in [-0.3, -0.25) is 9.59 Å². The molecule has 2 aromatic carbocycles. The van der Waals surface area contributed by atoms with E-state index in [1.807, 2.05) is 0 Å². The zero-order valence-corrected chi connectivity index (χ0v) is 23.6. The Morgan fingerprint density at radius 1 is 1.00 bits per heavy atom. The lowest BCUT2D eigenvalue weighted by atomic mass is 9.81. The first kappa shape index (κ1) is 33.2. The van der Waals surface area contributed by atoms with Gasteiger partial charge in [0.15, 0.2) is 0 Å². The van der Waals surface area contributed by atoms with Crippen LogP contribution in [0.3, 0.4) is 0 Å². The molecule has 230 valence electrons. The monoisotopic (exact) mass is 612 g/mol. The number of hydrogen-bond acceptors (Lipinski definition) is 5. The van der Waals surface area contributed by atoms with Gasteiger partial charge in [-0.2, -0.15) is 26.3 Å². The van der Waals surface area contributed by atoms with Crippen molar-refractivity contribution in [2.24, 2.45) is 0 Å². The molecule has 2 amide bonds. The van der Waals surface area contributed by atoms with Crippen molar-refractivity contribution < 1.29 is 45.1 Å². The first-order valence-electron chi connectivity index (χ1n) is 12.5. The molecule has 3 rings (SSSR count). The highest BCUT2D eigenvalue weighted by Crippen LogP contribution is 2.42. The second-order valence-corrected chi connectivity index (χ2v) is 10.1. The van der Waals surface area contributed by atoms with Crippen LogP contribution in [-0.2, 0) is 32.1 Å². The van der Waals surface area contributed by atoms with Gasteiger partial charge in [-0.05, 0) is 67.8 Å². The number of anilines is 2. The minimum absolute atomic E-state index is 0.00690. The predicted octanol–water partition coefficient (Wildman–Crippen LogP) is 6.76. The summed E-state index contributed by atoms with van der Waals surface area (Å²) in [6.45, 7) is 3.55. The van der Waals surface area contributed by atoms with Crippen molar-refractivity contribution >= 4 is 29.5 Å². The predicted molar refractivity (Wildman–Crippen MR) is 146 cm³/mol. The van der Waals surface area contributed by atoms with Crippen LogP contribution >= 0.6 is 0 Å². The van der Waals surface area contributed by atoms with Crippen molar-refractivity contribution in [1.29, 1.82) is 5.41 Å². The molecule has 0 aliphatic carbocycles. The Labute approximate surface area is 242 Å². The molecule has 43 heavy (non-hydrogen) atoms. The SMILES string of the molecule is COCC(=O)Nc1ncc(N(C)C(=O)C(C)(C)c2cc(C(F)(F)F)cc(C(F)(F)F)c2)c(-c2ccc(F)cc2C)c1C=N. The average molecular weight is 613 g/mol. The summed E-state index contributed by atoms with van der Waals surface area (Å²) in [6.07, 6.45) is -8.27. The molecule has 0 aliphatic rings. The molecular formula is C29H27F7N4O3. The summed E-state index contributed by atoms with van der Waals surface area (Å²) in [5, 5.41) is 10.5. The van der Waals surface area contributed by atoms with E-state index in [0.29, 0.717) is 23.3 Å². The molecule has 0 saturated heterocycles. The van der Waals surface area contributed by atoms with Gasteiger partial charge in [0.1, 0.15) is 18.2 Å². The standard InChI is InChI=1S/C29H27F7N4O3/c1-15-8-19(30)6-7-20(15)24-21(12-37)25(39-23(41)14-43-5)38-13-22(24)40(4)26(42)27(2,3)16-9-17(28(31,32)33)11-18(10-16)29(34,35)36/h6-13,37H,14H2,1-5H3,(H,38,39,41). The fraction of sp³-hybridized carbons (Fsp3) is 0.310. The highest BCUT2D eigenvalue weighted by atomic mass is 19.4. The molecule has 0 aliphatic heterocycles. The normalized spacial score (nSPS) is 12.2. The van der Waals surface area contributed by atoms with E-state index in [0.717, 1.165) is 23.4 Å². The van der Waals surface area contributed by atoms with Gasteiger partial charge in [-0.1, -0.05) is 6.07 Å². The molecule has 0 unspecified atom stereocenters. The van der Waals surface area contributed by atoms with E-state index in [9.17, 15) is 40.3 Å². The van der Waals surface area contributed by atoms with Crippen LogP contribution in [0.25, 0.3) is 11.1 Å². The molecule has 0 radical (unpaired) electrons. The molecular weight excluding hydrogens is 585 g/mol. The number of rotatable bonds is 8. The first-order chi connectivity index (χ1) is 19.8. The highest BCUT2D eigenvalue weighted by molar-refractivity contribution is 6.08. The van der Waals surface area contributed by atoms with Crippen LogP contribution in [0.15, 0.2) is 42.6 Å². The third-order valence-corrected chi connectivity index (χ3v) is 6.74. The van der Waals surface area contributed by atoms with E-state index in [1.165, 1.54) is 40.1 Å². The minimum atomic E-state index is -5.12. The molecule has 14 heteroatoms. The number of alkyl halides is 6. The van der Waals surface area contributed by atoms with Crippen LogP contribution in [0, 0.1) is 18.2 Å². The number of pyridine rings is 1. The highest BCUT2D eigenvalue weighted by Gasteiger charge is 2.41. The summed E-state index contributed by atoms with van der Waals surface area (Å²) >= 11 is 0. The molecule has 1 aromatic heterocycles. The summed E-state index contributed by atoms with van der Waals surface area (Å²) < 4.78 is 100. The summed E-state index contributed by atoms with van der Waals surface area (Å²) in [5.74, 6) is -2.23. The lowest BCUT2D eigenvalue weighted by molar-refractivity contribution is -0.143. The van der Waals surface area contributed by atoms with Gasteiger partial charge >= 0.3 is 12.4 Å². The molecule has 1 heterocycles. The summed E-state index contributed by atoms with van der Waals surface area (Å²) in [4.78, 5) is 31.2. The zero-order chi connectivity index (χ0) is 32.5. The Bertz CT molecular complexity index is 1530. The van der Waals surface area contributed by atoms with Crippen LogP contribution in [0.4, 0.5) is 42.2 Å². The second kappa shape index (κ2) is 12.1. The van der Waals surface area contributed by atoms with Gasteiger partial charge in [-0.25, -0.2) is 9.37 Å². The number of ether oxygens (including phenoxy) is 1. The van der Waals surface area contributed by atoms with Crippen molar-refractivity contribution in [2.75, 3.05) is 31.0 Å².